The van der Waals surface area contributed by atoms with Gasteiger partial charge in [0.05, 0.1) is 0 Å². The van der Waals surface area contributed by atoms with E-state index in [1.54, 1.807) is 0 Å². The summed E-state index contributed by atoms with van der Waals surface area (Å²) in [5.41, 5.74) is 1.93. The number of nitrogens with zero attached hydrogens (tertiary/aromatic N) is 3. The first kappa shape index (κ1) is 23.6. The molecule has 1 aromatic carbocycles. The van der Waals surface area contributed by atoms with E-state index in [0.29, 0.717) is 12.1 Å². The monoisotopic (exact) mass is 388 g/mol. The number of nitrogens with one attached hydrogen (secondary N) is 1. The Bertz CT molecular complexity index is 931. The second-order valence-corrected chi connectivity index (χ2v) is 5.45. The standard InChI is InChI=1S/C17H16N4O4.2Na.2H/c22-13-8-12(7-6-11-4-2-1-3-5-11)21-16(19-10-20-21)15(13)17(25)18-9-14(23)24;;;;/h1-5,8,10,22H,6-7,9H2,(H,18,25)(H,23,24);;;;. The molecule has 0 bridgehead atoms. The average molecular weight is 388 g/mol. The quantitative estimate of drug-likeness (QED) is 0.501. The minimum atomic E-state index is -1.18. The molecule has 0 saturated heterocycles. The molecular weight excluding hydrogens is 370 g/mol. The summed E-state index contributed by atoms with van der Waals surface area (Å²) in [6.45, 7) is -0.547. The number of aromatic nitrogens is 3. The molecule has 132 valence electrons. The van der Waals surface area contributed by atoms with Crippen LogP contribution in [0.2, 0.25) is 0 Å². The Morgan fingerprint density at radius 3 is 2.48 bits per heavy atom. The summed E-state index contributed by atoms with van der Waals surface area (Å²) in [4.78, 5) is 26.8. The van der Waals surface area contributed by atoms with Gasteiger partial charge in [-0.15, -0.1) is 0 Å². The molecule has 0 fully saturated rings. The third-order valence-corrected chi connectivity index (χ3v) is 3.74. The van der Waals surface area contributed by atoms with Gasteiger partial charge in [0, 0.05) is 11.8 Å². The van der Waals surface area contributed by atoms with Crippen LogP contribution in [0.3, 0.4) is 0 Å². The molecule has 0 aliphatic carbocycles. The van der Waals surface area contributed by atoms with Crippen LogP contribution in [-0.4, -0.2) is 102 Å². The number of benzene rings is 1. The third kappa shape index (κ3) is 5.78. The molecule has 0 unspecified atom stereocenters. The second-order valence-electron chi connectivity index (χ2n) is 5.45. The van der Waals surface area contributed by atoms with Crippen LogP contribution in [0.1, 0.15) is 21.6 Å². The fourth-order valence-corrected chi connectivity index (χ4v) is 2.59. The summed E-state index contributed by atoms with van der Waals surface area (Å²) in [5.74, 6) is -2.15. The first-order valence-corrected chi connectivity index (χ1v) is 7.64. The summed E-state index contributed by atoms with van der Waals surface area (Å²) < 4.78 is 1.48. The number of carboxylic acid groups (broad SMARTS) is 1. The number of carbonyl (C=O) groups excluding carboxylic acids is 1. The molecule has 0 aliphatic rings. The number of aromatic hydroxyl groups is 1. The summed E-state index contributed by atoms with van der Waals surface area (Å²) >= 11 is 0. The molecule has 0 saturated carbocycles. The van der Waals surface area contributed by atoms with Crippen molar-refractivity contribution in [2.75, 3.05) is 6.54 Å². The first-order valence-electron chi connectivity index (χ1n) is 7.64. The van der Waals surface area contributed by atoms with Gasteiger partial charge in [-0.2, -0.15) is 5.10 Å². The van der Waals surface area contributed by atoms with E-state index in [1.165, 1.54) is 16.9 Å². The van der Waals surface area contributed by atoms with Crippen LogP contribution < -0.4 is 5.32 Å². The van der Waals surface area contributed by atoms with Crippen molar-refractivity contribution in [1.29, 1.82) is 0 Å². The van der Waals surface area contributed by atoms with E-state index in [0.717, 1.165) is 12.0 Å². The molecule has 0 spiro atoms. The van der Waals surface area contributed by atoms with Crippen LogP contribution in [0.5, 0.6) is 5.75 Å². The normalized spacial score (nSPS) is 9.93. The fourth-order valence-electron chi connectivity index (χ4n) is 2.59. The van der Waals surface area contributed by atoms with Crippen LogP contribution in [0.4, 0.5) is 0 Å². The number of hydrogen-bond acceptors (Lipinski definition) is 5. The van der Waals surface area contributed by atoms with E-state index < -0.39 is 18.4 Å². The topological polar surface area (TPSA) is 117 Å². The van der Waals surface area contributed by atoms with Crippen molar-refractivity contribution in [1.82, 2.24) is 19.9 Å². The van der Waals surface area contributed by atoms with Crippen LogP contribution in [0.15, 0.2) is 42.7 Å². The Labute approximate surface area is 199 Å². The SMILES string of the molecule is O=C(O)CNC(=O)c1c(O)cc(CCc2ccccc2)n2ncnc12.[NaH].[NaH]. The van der Waals surface area contributed by atoms with E-state index in [1.807, 2.05) is 30.3 Å². The number of aliphatic carboxylic acids is 1. The zero-order valence-electron chi connectivity index (χ0n) is 13.2. The van der Waals surface area contributed by atoms with E-state index in [9.17, 15) is 14.7 Å². The van der Waals surface area contributed by atoms with Gasteiger partial charge in [-0.3, -0.25) is 9.59 Å². The first-order chi connectivity index (χ1) is 12.1. The predicted octanol–water partition coefficient (Wildman–Crippen LogP) is -0.263. The maximum atomic E-state index is 12.2. The Morgan fingerprint density at radius 1 is 1.11 bits per heavy atom. The van der Waals surface area contributed by atoms with Crippen LogP contribution >= 0.6 is 0 Å². The fraction of sp³-hybridized carbons (Fsp3) is 0.176. The van der Waals surface area contributed by atoms with E-state index in [-0.39, 0.29) is 76.1 Å². The number of carbonyl (C=O) groups is 2. The molecule has 10 heteroatoms. The number of hydrogen-bond donors (Lipinski definition) is 3. The molecule has 2 heterocycles. The molecule has 3 N–H and O–H groups in total. The van der Waals surface area contributed by atoms with Gasteiger partial charge in [-0.05, 0) is 18.4 Å². The Balaban J connectivity index is 0.00000182. The maximum absolute atomic E-state index is 12.2. The molecular formula is C17H18N4Na2O4. The summed E-state index contributed by atoms with van der Waals surface area (Å²) in [5, 5.41) is 25.2. The number of rotatable bonds is 6. The number of aryl methyl sites for hydroxylation is 2. The Morgan fingerprint density at radius 2 is 1.81 bits per heavy atom. The van der Waals surface area contributed by atoms with Gasteiger partial charge in [-0.25, -0.2) is 9.50 Å². The van der Waals surface area contributed by atoms with Gasteiger partial charge in [0.1, 0.15) is 24.2 Å². The van der Waals surface area contributed by atoms with Gasteiger partial charge >= 0.3 is 65.1 Å². The Hall–Kier alpha value is -1.42. The minimum absolute atomic E-state index is 0. The van der Waals surface area contributed by atoms with E-state index in [2.05, 4.69) is 15.4 Å². The molecule has 1 amide bonds. The van der Waals surface area contributed by atoms with Gasteiger partial charge in [0.15, 0.2) is 5.65 Å². The third-order valence-electron chi connectivity index (χ3n) is 3.74. The number of amides is 1. The van der Waals surface area contributed by atoms with Crippen molar-refractivity contribution >= 4 is 76.6 Å². The molecule has 0 atom stereocenters. The predicted molar refractivity (Wildman–Crippen MR) is 103 cm³/mol. The van der Waals surface area contributed by atoms with E-state index >= 15 is 0 Å². The molecule has 3 rings (SSSR count). The van der Waals surface area contributed by atoms with Crippen molar-refractivity contribution in [3.05, 3.63) is 59.5 Å². The summed E-state index contributed by atoms with van der Waals surface area (Å²) in [6.07, 6.45) is 2.61. The molecule has 27 heavy (non-hydrogen) atoms. The summed E-state index contributed by atoms with van der Waals surface area (Å²) in [6, 6.07) is 11.3. The van der Waals surface area contributed by atoms with Gasteiger partial charge in [0.2, 0.25) is 0 Å². The van der Waals surface area contributed by atoms with Crippen molar-refractivity contribution in [2.24, 2.45) is 0 Å². The van der Waals surface area contributed by atoms with E-state index in [4.69, 9.17) is 5.11 Å². The summed E-state index contributed by atoms with van der Waals surface area (Å²) in [7, 11) is 0. The van der Waals surface area contributed by atoms with Crippen LogP contribution in [0, 0.1) is 0 Å². The molecule has 0 radical (unpaired) electrons. The van der Waals surface area contributed by atoms with Gasteiger partial charge in [0.25, 0.3) is 5.91 Å². The number of fused-ring (bicyclic) bond motifs is 1. The average Bonchev–Trinajstić information content (AvgIpc) is 3.08. The van der Waals surface area contributed by atoms with Crippen molar-refractivity contribution in [2.45, 2.75) is 12.8 Å². The molecule has 3 aromatic rings. The Kier molecular flexibility index (Phi) is 9.44. The van der Waals surface area contributed by atoms with Crippen LogP contribution in [0.25, 0.3) is 5.65 Å². The molecule has 0 aliphatic heterocycles. The molecule has 8 nitrogen and oxygen atoms in total. The zero-order chi connectivity index (χ0) is 17.8. The second kappa shape index (κ2) is 10.8. The molecule has 2 aromatic heterocycles. The van der Waals surface area contributed by atoms with Crippen molar-refractivity contribution in [3.8, 4) is 5.75 Å². The zero-order valence-corrected chi connectivity index (χ0v) is 13.2. The van der Waals surface area contributed by atoms with Crippen molar-refractivity contribution < 1.29 is 19.8 Å². The van der Waals surface area contributed by atoms with Crippen molar-refractivity contribution in [3.63, 3.8) is 0 Å². The number of carboxylic acids is 1. The number of pyridine rings is 1. The van der Waals surface area contributed by atoms with Gasteiger partial charge < -0.3 is 15.5 Å². The van der Waals surface area contributed by atoms with Gasteiger partial charge in [-0.1, -0.05) is 30.3 Å². The van der Waals surface area contributed by atoms with Crippen LogP contribution in [-0.2, 0) is 17.6 Å².